The van der Waals surface area contributed by atoms with Crippen molar-refractivity contribution in [2.75, 3.05) is 45.3 Å². The number of hydrogen-bond acceptors (Lipinski definition) is 4. The molecule has 21 heavy (non-hydrogen) atoms. The SMILES string of the molecule is COCCN(CCO)CC(=O)Nc1ccc(C(C)C)cc1. The summed E-state index contributed by atoms with van der Waals surface area (Å²) < 4.78 is 5.00. The van der Waals surface area contributed by atoms with E-state index in [1.165, 1.54) is 5.56 Å². The van der Waals surface area contributed by atoms with Crippen LogP contribution in [0.2, 0.25) is 0 Å². The summed E-state index contributed by atoms with van der Waals surface area (Å²) >= 11 is 0. The first-order valence-corrected chi connectivity index (χ1v) is 7.28. The molecule has 0 radical (unpaired) electrons. The van der Waals surface area contributed by atoms with E-state index in [1.54, 1.807) is 7.11 Å². The molecule has 0 aliphatic heterocycles. The molecule has 0 saturated heterocycles. The van der Waals surface area contributed by atoms with E-state index in [2.05, 4.69) is 19.2 Å². The number of ether oxygens (including phenoxy) is 1. The highest BCUT2D eigenvalue weighted by molar-refractivity contribution is 5.92. The molecule has 0 unspecified atom stereocenters. The molecule has 5 nitrogen and oxygen atoms in total. The number of nitrogens with zero attached hydrogens (tertiary/aromatic N) is 1. The van der Waals surface area contributed by atoms with E-state index in [0.717, 1.165) is 5.69 Å². The number of carbonyl (C=O) groups excluding carboxylic acids is 1. The van der Waals surface area contributed by atoms with Gasteiger partial charge in [-0.05, 0) is 23.6 Å². The van der Waals surface area contributed by atoms with Gasteiger partial charge >= 0.3 is 0 Å². The molecule has 0 saturated carbocycles. The molecular formula is C16H26N2O3. The fraction of sp³-hybridized carbons (Fsp3) is 0.562. The number of benzene rings is 1. The molecule has 5 heteroatoms. The van der Waals surface area contributed by atoms with Crippen LogP contribution in [-0.2, 0) is 9.53 Å². The van der Waals surface area contributed by atoms with Crippen LogP contribution in [0.3, 0.4) is 0 Å². The number of aliphatic hydroxyl groups excluding tert-OH is 1. The van der Waals surface area contributed by atoms with E-state index in [1.807, 2.05) is 29.2 Å². The Balaban J connectivity index is 2.50. The highest BCUT2D eigenvalue weighted by atomic mass is 16.5. The molecule has 2 N–H and O–H groups in total. The molecule has 0 aliphatic rings. The number of methoxy groups -OCH3 is 1. The maximum Gasteiger partial charge on any atom is 0.238 e. The molecule has 0 aliphatic carbocycles. The van der Waals surface area contributed by atoms with Gasteiger partial charge in [0.1, 0.15) is 0 Å². The fourth-order valence-electron chi connectivity index (χ4n) is 1.99. The van der Waals surface area contributed by atoms with Crippen LogP contribution >= 0.6 is 0 Å². The van der Waals surface area contributed by atoms with Crippen LogP contribution in [0.4, 0.5) is 5.69 Å². The quantitative estimate of drug-likeness (QED) is 0.727. The minimum atomic E-state index is -0.0862. The van der Waals surface area contributed by atoms with Crippen LogP contribution in [0.5, 0.6) is 0 Å². The van der Waals surface area contributed by atoms with E-state index in [4.69, 9.17) is 9.84 Å². The fourth-order valence-corrected chi connectivity index (χ4v) is 1.99. The average Bonchev–Trinajstić information content (AvgIpc) is 2.45. The number of carbonyl (C=O) groups is 1. The van der Waals surface area contributed by atoms with E-state index in [-0.39, 0.29) is 19.1 Å². The van der Waals surface area contributed by atoms with Crippen LogP contribution in [0.25, 0.3) is 0 Å². The summed E-state index contributed by atoms with van der Waals surface area (Å²) in [6.45, 7) is 6.17. The van der Waals surface area contributed by atoms with Crippen molar-refractivity contribution in [2.45, 2.75) is 19.8 Å². The molecule has 0 fully saturated rings. The third-order valence-electron chi connectivity index (χ3n) is 3.26. The summed E-state index contributed by atoms with van der Waals surface area (Å²) in [7, 11) is 1.62. The molecule has 0 atom stereocenters. The van der Waals surface area contributed by atoms with Crippen molar-refractivity contribution in [3.8, 4) is 0 Å². The number of aliphatic hydroxyl groups is 1. The molecule has 1 rings (SSSR count). The molecule has 0 bridgehead atoms. The molecule has 1 aromatic carbocycles. The van der Waals surface area contributed by atoms with Gasteiger partial charge in [-0.2, -0.15) is 0 Å². The zero-order valence-corrected chi connectivity index (χ0v) is 13.1. The zero-order valence-electron chi connectivity index (χ0n) is 13.1. The van der Waals surface area contributed by atoms with Gasteiger partial charge in [-0.1, -0.05) is 26.0 Å². The van der Waals surface area contributed by atoms with Gasteiger partial charge in [0.25, 0.3) is 0 Å². The van der Waals surface area contributed by atoms with Gasteiger partial charge in [0, 0.05) is 25.9 Å². The lowest BCUT2D eigenvalue weighted by molar-refractivity contribution is -0.117. The van der Waals surface area contributed by atoms with Gasteiger partial charge in [-0.25, -0.2) is 0 Å². The van der Waals surface area contributed by atoms with E-state index in [9.17, 15) is 4.79 Å². The van der Waals surface area contributed by atoms with Crippen LogP contribution < -0.4 is 5.32 Å². The van der Waals surface area contributed by atoms with Crippen molar-refractivity contribution in [3.63, 3.8) is 0 Å². The summed E-state index contributed by atoms with van der Waals surface area (Å²) in [5, 5.41) is 11.9. The summed E-state index contributed by atoms with van der Waals surface area (Å²) in [6.07, 6.45) is 0. The Hall–Kier alpha value is -1.43. The molecule has 1 aromatic rings. The Kier molecular flexibility index (Phi) is 7.97. The first-order chi connectivity index (χ1) is 10.1. The van der Waals surface area contributed by atoms with Crippen LogP contribution in [-0.4, -0.2) is 55.9 Å². The molecule has 0 spiro atoms. The van der Waals surface area contributed by atoms with Crippen LogP contribution in [0.1, 0.15) is 25.3 Å². The number of anilines is 1. The second-order valence-corrected chi connectivity index (χ2v) is 5.32. The summed E-state index contributed by atoms with van der Waals surface area (Å²) in [6, 6.07) is 7.88. The molecule has 0 heterocycles. The van der Waals surface area contributed by atoms with Crippen LogP contribution in [0, 0.1) is 0 Å². The van der Waals surface area contributed by atoms with Gasteiger partial charge in [0.15, 0.2) is 0 Å². The molecule has 1 amide bonds. The molecule has 0 aromatic heterocycles. The van der Waals surface area contributed by atoms with Crippen molar-refractivity contribution in [1.29, 1.82) is 0 Å². The standard InChI is InChI=1S/C16H26N2O3/c1-13(2)14-4-6-15(7-5-14)17-16(20)12-18(8-10-19)9-11-21-3/h4-7,13,19H,8-12H2,1-3H3,(H,17,20). The molecule has 118 valence electrons. The second-order valence-electron chi connectivity index (χ2n) is 5.32. The Bertz CT molecular complexity index is 418. The Morgan fingerprint density at radius 3 is 2.48 bits per heavy atom. The molecular weight excluding hydrogens is 268 g/mol. The zero-order chi connectivity index (χ0) is 15.7. The number of amides is 1. The first-order valence-electron chi connectivity index (χ1n) is 7.28. The maximum absolute atomic E-state index is 12.0. The topological polar surface area (TPSA) is 61.8 Å². The smallest absolute Gasteiger partial charge is 0.238 e. The van der Waals surface area contributed by atoms with E-state index >= 15 is 0 Å². The van der Waals surface area contributed by atoms with Gasteiger partial charge in [0.2, 0.25) is 5.91 Å². The van der Waals surface area contributed by atoms with Gasteiger partial charge < -0.3 is 15.2 Å². The lowest BCUT2D eigenvalue weighted by atomic mass is 10.0. The third-order valence-corrected chi connectivity index (χ3v) is 3.26. The van der Waals surface area contributed by atoms with Crippen LogP contribution in [0.15, 0.2) is 24.3 Å². The maximum atomic E-state index is 12.0. The largest absolute Gasteiger partial charge is 0.395 e. The van der Waals surface area contributed by atoms with Crippen molar-refractivity contribution >= 4 is 11.6 Å². The number of hydrogen-bond donors (Lipinski definition) is 2. The highest BCUT2D eigenvalue weighted by Crippen LogP contribution is 2.17. The Labute approximate surface area is 126 Å². The summed E-state index contributed by atoms with van der Waals surface area (Å²) in [5.74, 6) is 0.390. The number of rotatable bonds is 9. The van der Waals surface area contributed by atoms with E-state index in [0.29, 0.717) is 25.6 Å². The Morgan fingerprint density at radius 2 is 1.95 bits per heavy atom. The van der Waals surface area contributed by atoms with Crippen molar-refractivity contribution in [1.82, 2.24) is 4.90 Å². The Morgan fingerprint density at radius 1 is 1.29 bits per heavy atom. The predicted octanol–water partition coefficient (Wildman–Crippen LogP) is 1.69. The first kappa shape index (κ1) is 17.6. The third kappa shape index (κ3) is 6.71. The van der Waals surface area contributed by atoms with Gasteiger partial charge in [-0.15, -0.1) is 0 Å². The van der Waals surface area contributed by atoms with Gasteiger partial charge in [0.05, 0.1) is 19.8 Å². The minimum Gasteiger partial charge on any atom is -0.395 e. The predicted molar refractivity (Wildman–Crippen MR) is 84.6 cm³/mol. The lowest BCUT2D eigenvalue weighted by Crippen LogP contribution is -2.37. The second kappa shape index (κ2) is 9.50. The summed E-state index contributed by atoms with van der Waals surface area (Å²) in [5.41, 5.74) is 2.04. The minimum absolute atomic E-state index is 0.0279. The lowest BCUT2D eigenvalue weighted by Gasteiger charge is -2.20. The average molecular weight is 294 g/mol. The number of nitrogens with one attached hydrogen (secondary N) is 1. The van der Waals surface area contributed by atoms with Gasteiger partial charge in [-0.3, -0.25) is 9.69 Å². The van der Waals surface area contributed by atoms with E-state index < -0.39 is 0 Å². The van der Waals surface area contributed by atoms with Crippen molar-refractivity contribution in [3.05, 3.63) is 29.8 Å². The highest BCUT2D eigenvalue weighted by Gasteiger charge is 2.10. The monoisotopic (exact) mass is 294 g/mol. The normalized spacial score (nSPS) is 11.1. The van der Waals surface area contributed by atoms with Crippen molar-refractivity contribution in [2.24, 2.45) is 0 Å². The van der Waals surface area contributed by atoms with Crippen molar-refractivity contribution < 1.29 is 14.6 Å². The summed E-state index contributed by atoms with van der Waals surface area (Å²) in [4.78, 5) is 13.9.